The predicted octanol–water partition coefficient (Wildman–Crippen LogP) is 0.936. The van der Waals surface area contributed by atoms with Crippen LogP contribution in [0.4, 0.5) is 0 Å². The number of thioether (sulfide) groups is 1. The van der Waals surface area contributed by atoms with Gasteiger partial charge >= 0.3 is 0 Å². The van der Waals surface area contributed by atoms with Gasteiger partial charge in [0.05, 0.1) is 12.7 Å². The van der Waals surface area contributed by atoms with Crippen molar-refractivity contribution in [3.8, 4) is 0 Å². The van der Waals surface area contributed by atoms with Gasteiger partial charge in [-0.05, 0) is 18.0 Å². The second-order valence-corrected chi connectivity index (χ2v) is 4.89. The minimum Gasteiger partial charge on any atom is -0.394 e. The summed E-state index contributed by atoms with van der Waals surface area (Å²) in [7, 11) is 0. The van der Waals surface area contributed by atoms with E-state index >= 15 is 0 Å². The van der Waals surface area contributed by atoms with E-state index in [4.69, 9.17) is 10.2 Å². The molecule has 1 unspecified atom stereocenters. The van der Waals surface area contributed by atoms with Crippen LogP contribution in [0, 0.1) is 0 Å². The lowest BCUT2D eigenvalue weighted by molar-refractivity contribution is 0.113. The summed E-state index contributed by atoms with van der Waals surface area (Å²) >= 11 is 2.79. The number of aliphatic hydroxyl groups excluding tert-OH is 2. The van der Waals surface area contributed by atoms with Gasteiger partial charge in [-0.15, -0.1) is 0 Å². The molecule has 1 rings (SSSR count). The average Bonchev–Trinajstić information content (AvgIpc) is 2.63. The van der Waals surface area contributed by atoms with Crippen molar-refractivity contribution < 1.29 is 10.2 Å². The highest BCUT2D eigenvalue weighted by Crippen LogP contribution is 2.21. The zero-order chi connectivity index (χ0) is 10.4. The van der Waals surface area contributed by atoms with E-state index in [-0.39, 0.29) is 6.61 Å². The van der Waals surface area contributed by atoms with Crippen molar-refractivity contribution in [1.29, 1.82) is 0 Å². The molecule has 0 spiro atoms. The lowest BCUT2D eigenvalue weighted by Gasteiger charge is -2.02. The van der Waals surface area contributed by atoms with Gasteiger partial charge in [0.25, 0.3) is 0 Å². The third-order valence-electron chi connectivity index (χ3n) is 1.53. The Bertz CT molecular complexity index is 268. The molecule has 0 aromatic carbocycles. The molecule has 0 amide bonds. The van der Waals surface area contributed by atoms with Gasteiger partial charge in [-0.25, -0.2) is 4.98 Å². The lowest BCUT2D eigenvalue weighted by atomic mass is 10.3. The van der Waals surface area contributed by atoms with Crippen LogP contribution in [0.1, 0.15) is 19.2 Å². The second-order valence-electron chi connectivity index (χ2n) is 2.87. The number of aryl methyl sites for hydroxylation is 1. The molecule has 0 saturated carbocycles. The van der Waals surface area contributed by atoms with E-state index in [0.717, 1.165) is 23.0 Å². The van der Waals surface area contributed by atoms with Crippen LogP contribution in [0.5, 0.6) is 0 Å². The van der Waals surface area contributed by atoms with Gasteiger partial charge in [-0.3, -0.25) is 0 Å². The number of nitrogens with zero attached hydrogens (tertiary/aromatic N) is 2. The fourth-order valence-corrected chi connectivity index (χ4v) is 2.44. The van der Waals surface area contributed by atoms with Crippen molar-refractivity contribution in [3.63, 3.8) is 0 Å². The third-order valence-corrected chi connectivity index (χ3v) is 3.55. The molecule has 1 aromatic heterocycles. The molecule has 2 N–H and O–H groups in total. The SMILES string of the molecule is CCCc1nsc(SCC(O)CO)n1. The highest BCUT2D eigenvalue weighted by molar-refractivity contribution is 8.00. The maximum Gasteiger partial charge on any atom is 0.170 e. The summed E-state index contributed by atoms with van der Waals surface area (Å²) in [5.74, 6) is 1.34. The maximum atomic E-state index is 9.12. The zero-order valence-electron chi connectivity index (χ0n) is 8.01. The van der Waals surface area contributed by atoms with Crippen molar-refractivity contribution >= 4 is 23.3 Å². The third kappa shape index (κ3) is 3.91. The van der Waals surface area contributed by atoms with E-state index in [1.807, 2.05) is 0 Å². The fourth-order valence-electron chi connectivity index (χ4n) is 0.842. The summed E-state index contributed by atoms with van der Waals surface area (Å²) in [6.07, 6.45) is 1.28. The van der Waals surface area contributed by atoms with Crippen LogP contribution < -0.4 is 0 Å². The molecule has 0 aliphatic carbocycles. The molecule has 1 heterocycles. The van der Waals surface area contributed by atoms with Crippen LogP contribution in [0.2, 0.25) is 0 Å². The monoisotopic (exact) mass is 234 g/mol. The Labute approximate surface area is 91.6 Å². The molecule has 0 radical (unpaired) electrons. The number of aliphatic hydroxyl groups is 2. The first-order chi connectivity index (χ1) is 6.76. The number of aromatic nitrogens is 2. The van der Waals surface area contributed by atoms with Crippen LogP contribution in [0.15, 0.2) is 4.34 Å². The zero-order valence-corrected chi connectivity index (χ0v) is 9.64. The van der Waals surface area contributed by atoms with Gasteiger partial charge in [-0.1, -0.05) is 18.7 Å². The van der Waals surface area contributed by atoms with Gasteiger partial charge in [0.1, 0.15) is 5.82 Å². The summed E-state index contributed by atoms with van der Waals surface area (Å²) < 4.78 is 5.04. The quantitative estimate of drug-likeness (QED) is 0.717. The fraction of sp³-hybridized carbons (Fsp3) is 0.750. The average molecular weight is 234 g/mol. The molecule has 6 heteroatoms. The molecule has 0 aliphatic heterocycles. The Hall–Kier alpha value is -0.170. The first-order valence-corrected chi connectivity index (χ1v) is 6.26. The summed E-state index contributed by atoms with van der Waals surface area (Å²) in [5.41, 5.74) is 0. The van der Waals surface area contributed by atoms with E-state index < -0.39 is 6.10 Å². The summed E-state index contributed by atoms with van der Waals surface area (Å²) in [5, 5.41) is 17.7. The van der Waals surface area contributed by atoms with Crippen LogP contribution in [0.25, 0.3) is 0 Å². The van der Waals surface area contributed by atoms with Crippen molar-refractivity contribution in [3.05, 3.63) is 5.82 Å². The predicted molar refractivity (Wildman–Crippen MR) is 57.7 cm³/mol. The summed E-state index contributed by atoms with van der Waals surface area (Å²) in [4.78, 5) is 4.28. The Balaban J connectivity index is 2.35. The second kappa shape index (κ2) is 6.34. The topological polar surface area (TPSA) is 66.2 Å². The highest BCUT2D eigenvalue weighted by Gasteiger charge is 2.07. The molecule has 0 saturated heterocycles. The van der Waals surface area contributed by atoms with Crippen LogP contribution >= 0.6 is 23.3 Å². The molecular weight excluding hydrogens is 220 g/mol. The minimum absolute atomic E-state index is 0.201. The van der Waals surface area contributed by atoms with E-state index in [2.05, 4.69) is 16.3 Å². The van der Waals surface area contributed by atoms with Crippen LogP contribution in [-0.4, -0.2) is 38.0 Å². The molecule has 0 bridgehead atoms. The first-order valence-electron chi connectivity index (χ1n) is 4.50. The van der Waals surface area contributed by atoms with E-state index in [0.29, 0.717) is 5.75 Å². The van der Waals surface area contributed by atoms with Gasteiger partial charge in [-0.2, -0.15) is 4.37 Å². The standard InChI is InChI=1S/C8H14N2O2S2/c1-2-3-7-9-8(14-10-7)13-5-6(12)4-11/h6,11-12H,2-5H2,1H3. The molecule has 80 valence electrons. The lowest BCUT2D eigenvalue weighted by Crippen LogP contribution is -2.14. The maximum absolute atomic E-state index is 9.12. The van der Waals surface area contributed by atoms with E-state index in [1.165, 1.54) is 23.3 Å². The van der Waals surface area contributed by atoms with Gasteiger partial charge in [0.15, 0.2) is 4.34 Å². The number of hydrogen-bond acceptors (Lipinski definition) is 6. The largest absolute Gasteiger partial charge is 0.394 e. The Morgan fingerprint density at radius 3 is 3.00 bits per heavy atom. The Morgan fingerprint density at radius 2 is 2.36 bits per heavy atom. The Morgan fingerprint density at radius 1 is 1.57 bits per heavy atom. The highest BCUT2D eigenvalue weighted by atomic mass is 32.2. The van der Waals surface area contributed by atoms with Crippen molar-refractivity contribution in [2.45, 2.75) is 30.2 Å². The van der Waals surface area contributed by atoms with Crippen LogP contribution in [0.3, 0.4) is 0 Å². The van der Waals surface area contributed by atoms with E-state index in [9.17, 15) is 0 Å². The molecule has 1 atom stereocenters. The van der Waals surface area contributed by atoms with Gasteiger partial charge in [0.2, 0.25) is 0 Å². The molecule has 0 fully saturated rings. The molecule has 1 aromatic rings. The normalized spacial score (nSPS) is 13.1. The van der Waals surface area contributed by atoms with E-state index in [1.54, 1.807) is 0 Å². The van der Waals surface area contributed by atoms with Gasteiger partial charge < -0.3 is 10.2 Å². The smallest absolute Gasteiger partial charge is 0.170 e. The summed E-state index contributed by atoms with van der Waals surface area (Å²) in [6, 6.07) is 0. The minimum atomic E-state index is -0.668. The van der Waals surface area contributed by atoms with Crippen LogP contribution in [-0.2, 0) is 6.42 Å². The first kappa shape index (κ1) is 11.9. The van der Waals surface area contributed by atoms with Crippen molar-refractivity contribution in [2.24, 2.45) is 0 Å². The Kier molecular flexibility index (Phi) is 5.39. The molecule has 4 nitrogen and oxygen atoms in total. The van der Waals surface area contributed by atoms with Crippen molar-refractivity contribution in [1.82, 2.24) is 9.36 Å². The summed E-state index contributed by atoms with van der Waals surface area (Å²) in [6.45, 7) is 1.89. The van der Waals surface area contributed by atoms with Gasteiger partial charge in [0, 0.05) is 12.2 Å². The van der Waals surface area contributed by atoms with Crippen molar-refractivity contribution in [2.75, 3.05) is 12.4 Å². The molecule has 14 heavy (non-hydrogen) atoms. The molecule has 0 aliphatic rings. The molecular formula is C8H14N2O2S2. The number of hydrogen-bond donors (Lipinski definition) is 2. The number of rotatable bonds is 6.